The van der Waals surface area contributed by atoms with Gasteiger partial charge in [-0.2, -0.15) is 0 Å². The molecule has 0 radical (unpaired) electrons. The molecule has 0 saturated heterocycles. The van der Waals surface area contributed by atoms with Crippen LogP contribution in [0.3, 0.4) is 0 Å². The zero-order chi connectivity index (χ0) is 16.7. The average Bonchev–Trinajstić information content (AvgIpc) is 2.93. The molecule has 0 bridgehead atoms. The van der Waals surface area contributed by atoms with E-state index < -0.39 is 0 Å². The van der Waals surface area contributed by atoms with Crippen LogP contribution < -0.4 is 5.56 Å². The monoisotopic (exact) mass is 315 g/mol. The summed E-state index contributed by atoms with van der Waals surface area (Å²) in [5, 5.41) is 3.17. The predicted molar refractivity (Wildman–Crippen MR) is 96.2 cm³/mol. The van der Waals surface area contributed by atoms with Gasteiger partial charge in [-0.05, 0) is 25.0 Å². The molecule has 4 nitrogen and oxygen atoms in total. The van der Waals surface area contributed by atoms with E-state index in [-0.39, 0.29) is 5.56 Å². The largest absolute Gasteiger partial charge is 0.293 e. The van der Waals surface area contributed by atoms with E-state index in [2.05, 4.69) is 5.10 Å². The van der Waals surface area contributed by atoms with Crippen molar-refractivity contribution in [2.24, 2.45) is 0 Å². The Hall–Kier alpha value is -3.14. The smallest absolute Gasteiger partial charge is 0.280 e. The molecule has 4 heteroatoms. The summed E-state index contributed by atoms with van der Waals surface area (Å²) in [7, 11) is 0. The third-order valence-corrected chi connectivity index (χ3v) is 4.27. The van der Waals surface area contributed by atoms with E-state index >= 15 is 0 Å². The number of aromatic nitrogens is 3. The highest BCUT2D eigenvalue weighted by Gasteiger charge is 2.18. The summed E-state index contributed by atoms with van der Waals surface area (Å²) in [4.78, 5) is 17.8. The molecular formula is C20H17N3O. The fourth-order valence-electron chi connectivity index (χ4n) is 3.18. The van der Waals surface area contributed by atoms with Gasteiger partial charge >= 0.3 is 0 Å². The van der Waals surface area contributed by atoms with Crippen molar-refractivity contribution in [2.45, 2.75) is 13.8 Å². The lowest BCUT2D eigenvalue weighted by Crippen LogP contribution is -2.19. The van der Waals surface area contributed by atoms with Crippen LogP contribution in [0.1, 0.15) is 11.4 Å². The lowest BCUT2D eigenvalue weighted by Gasteiger charge is -2.06. The Morgan fingerprint density at radius 2 is 1.38 bits per heavy atom. The number of nitrogens with one attached hydrogen (secondary N) is 1. The molecule has 0 spiro atoms. The van der Waals surface area contributed by atoms with Crippen LogP contribution in [0.25, 0.3) is 27.9 Å². The topological polar surface area (TPSA) is 50.2 Å². The standard InChI is InChI=1S/C20H17N3O/c1-13-18(16-11-7-4-8-12-16)20(24)23-19(21-13)17(14(2)22-23)15-9-5-3-6-10-15/h3-12,22H,1-2H3. The van der Waals surface area contributed by atoms with Gasteiger partial charge in [-0.15, -0.1) is 0 Å². The first kappa shape index (κ1) is 14.5. The Bertz CT molecular complexity index is 1080. The highest BCUT2D eigenvalue weighted by atomic mass is 16.1. The second kappa shape index (κ2) is 5.49. The quantitative estimate of drug-likeness (QED) is 0.608. The SMILES string of the molecule is Cc1nc2c(-c3ccccc3)c(C)[nH]n2c(=O)c1-c1ccccc1. The maximum Gasteiger partial charge on any atom is 0.280 e. The average molecular weight is 315 g/mol. The van der Waals surface area contributed by atoms with Gasteiger partial charge in [-0.3, -0.25) is 9.89 Å². The Labute approximate surface area is 139 Å². The van der Waals surface area contributed by atoms with Crippen molar-refractivity contribution >= 4 is 5.65 Å². The van der Waals surface area contributed by atoms with Crippen LogP contribution in [0.2, 0.25) is 0 Å². The highest BCUT2D eigenvalue weighted by Crippen LogP contribution is 2.28. The molecule has 0 aliphatic rings. The summed E-state index contributed by atoms with van der Waals surface area (Å²) in [6, 6.07) is 19.7. The summed E-state index contributed by atoms with van der Waals surface area (Å²) in [5.41, 5.74) is 5.79. The first-order valence-corrected chi connectivity index (χ1v) is 7.89. The van der Waals surface area contributed by atoms with Gasteiger partial charge in [-0.25, -0.2) is 9.50 Å². The van der Waals surface area contributed by atoms with Crippen LogP contribution >= 0.6 is 0 Å². The van der Waals surface area contributed by atoms with E-state index in [0.717, 1.165) is 28.1 Å². The first-order valence-electron chi connectivity index (χ1n) is 7.89. The molecule has 0 fully saturated rings. The van der Waals surface area contributed by atoms with E-state index in [9.17, 15) is 4.79 Å². The Morgan fingerprint density at radius 3 is 1.96 bits per heavy atom. The highest BCUT2D eigenvalue weighted by molar-refractivity contribution is 5.81. The normalized spacial score (nSPS) is 11.1. The van der Waals surface area contributed by atoms with E-state index in [1.807, 2.05) is 74.5 Å². The van der Waals surface area contributed by atoms with Gasteiger partial charge in [0.1, 0.15) is 0 Å². The maximum absolute atomic E-state index is 13.0. The number of H-pyrrole nitrogens is 1. The molecule has 0 atom stereocenters. The minimum Gasteiger partial charge on any atom is -0.293 e. The van der Waals surface area contributed by atoms with E-state index in [4.69, 9.17) is 4.98 Å². The predicted octanol–water partition coefficient (Wildman–Crippen LogP) is 3.97. The maximum atomic E-state index is 13.0. The van der Waals surface area contributed by atoms with Gasteiger partial charge in [0.2, 0.25) is 0 Å². The zero-order valence-electron chi connectivity index (χ0n) is 13.6. The molecule has 0 unspecified atom stereocenters. The Kier molecular flexibility index (Phi) is 3.31. The van der Waals surface area contributed by atoms with Crippen molar-refractivity contribution in [1.82, 2.24) is 14.6 Å². The number of hydrogen-bond donors (Lipinski definition) is 1. The lowest BCUT2D eigenvalue weighted by molar-refractivity contribution is 0.876. The van der Waals surface area contributed by atoms with Gasteiger partial charge in [0.25, 0.3) is 5.56 Å². The molecule has 2 aromatic carbocycles. The van der Waals surface area contributed by atoms with Gasteiger partial charge in [0.15, 0.2) is 5.65 Å². The minimum absolute atomic E-state index is 0.0750. The van der Waals surface area contributed by atoms with Crippen LogP contribution in [0.5, 0.6) is 0 Å². The fourth-order valence-corrected chi connectivity index (χ4v) is 3.18. The summed E-state index contributed by atoms with van der Waals surface area (Å²) in [6.45, 7) is 3.86. The van der Waals surface area contributed by atoms with Gasteiger partial charge in [-0.1, -0.05) is 60.7 Å². The summed E-state index contributed by atoms with van der Waals surface area (Å²) in [5.74, 6) is 0. The van der Waals surface area contributed by atoms with Crippen molar-refractivity contribution in [1.29, 1.82) is 0 Å². The van der Waals surface area contributed by atoms with Crippen molar-refractivity contribution in [2.75, 3.05) is 0 Å². The number of aromatic amines is 1. The van der Waals surface area contributed by atoms with Crippen molar-refractivity contribution < 1.29 is 0 Å². The van der Waals surface area contributed by atoms with Gasteiger partial charge in [0.05, 0.1) is 11.3 Å². The molecule has 0 aliphatic carbocycles. The van der Waals surface area contributed by atoms with Gasteiger partial charge < -0.3 is 0 Å². The summed E-state index contributed by atoms with van der Waals surface area (Å²) < 4.78 is 1.55. The van der Waals surface area contributed by atoms with Crippen LogP contribution in [-0.4, -0.2) is 14.6 Å². The second-order valence-electron chi connectivity index (χ2n) is 5.88. The Morgan fingerprint density at radius 1 is 0.833 bits per heavy atom. The first-order chi connectivity index (χ1) is 11.7. The molecule has 0 aliphatic heterocycles. The molecule has 4 rings (SSSR count). The molecule has 4 aromatic rings. The van der Waals surface area contributed by atoms with Crippen molar-refractivity contribution in [3.05, 3.63) is 82.4 Å². The number of nitrogens with zero attached hydrogens (tertiary/aromatic N) is 2. The van der Waals surface area contributed by atoms with Gasteiger partial charge in [0, 0.05) is 11.3 Å². The summed E-state index contributed by atoms with van der Waals surface area (Å²) in [6.07, 6.45) is 0. The fraction of sp³-hybridized carbons (Fsp3) is 0.100. The number of benzene rings is 2. The number of fused-ring (bicyclic) bond motifs is 1. The Balaban J connectivity index is 2.05. The molecule has 1 N–H and O–H groups in total. The van der Waals surface area contributed by atoms with Crippen LogP contribution in [-0.2, 0) is 0 Å². The molecule has 118 valence electrons. The van der Waals surface area contributed by atoms with E-state index in [0.29, 0.717) is 11.2 Å². The molecule has 0 saturated carbocycles. The minimum atomic E-state index is -0.0750. The van der Waals surface area contributed by atoms with E-state index in [1.54, 1.807) is 4.52 Å². The van der Waals surface area contributed by atoms with Crippen molar-refractivity contribution in [3.8, 4) is 22.3 Å². The second-order valence-corrected chi connectivity index (χ2v) is 5.88. The van der Waals surface area contributed by atoms with Crippen LogP contribution in [0, 0.1) is 13.8 Å². The lowest BCUT2D eigenvalue weighted by atomic mass is 10.0. The molecule has 2 aromatic heterocycles. The summed E-state index contributed by atoms with van der Waals surface area (Å²) >= 11 is 0. The number of aryl methyl sites for hydroxylation is 2. The molecule has 24 heavy (non-hydrogen) atoms. The number of hydrogen-bond acceptors (Lipinski definition) is 2. The number of rotatable bonds is 2. The molecular weight excluding hydrogens is 298 g/mol. The molecule has 2 heterocycles. The molecule has 0 amide bonds. The van der Waals surface area contributed by atoms with E-state index in [1.165, 1.54) is 0 Å². The van der Waals surface area contributed by atoms with Crippen LogP contribution in [0.4, 0.5) is 0 Å². The third kappa shape index (κ3) is 2.15. The van der Waals surface area contributed by atoms with Crippen molar-refractivity contribution in [3.63, 3.8) is 0 Å². The zero-order valence-corrected chi connectivity index (χ0v) is 13.6. The third-order valence-electron chi connectivity index (χ3n) is 4.27. The van der Waals surface area contributed by atoms with Crippen LogP contribution in [0.15, 0.2) is 65.5 Å².